The molecule has 0 spiro atoms. The van der Waals surface area contributed by atoms with Crippen LogP contribution in [0.15, 0.2) is 0 Å². The van der Waals surface area contributed by atoms with Gasteiger partial charge >= 0.3 is 0 Å². The lowest BCUT2D eigenvalue weighted by atomic mass is 10.3. The second-order valence-corrected chi connectivity index (χ2v) is 3.74. The number of fused-ring (bicyclic) bond motifs is 1. The van der Waals surface area contributed by atoms with Crippen LogP contribution in [0.4, 0.5) is 11.5 Å². The molecule has 0 fully saturated rings. The molecular formula is C10H18N4O. The minimum absolute atomic E-state index is 0.210. The molecule has 2 N–H and O–H groups in total. The quantitative estimate of drug-likeness (QED) is 0.766. The van der Waals surface area contributed by atoms with Gasteiger partial charge in [0.25, 0.3) is 0 Å². The lowest BCUT2D eigenvalue weighted by molar-refractivity contribution is 0.124. The predicted octanol–water partition coefficient (Wildman–Crippen LogP) is 1.06. The topological polar surface area (TPSA) is 51.1 Å². The summed E-state index contributed by atoms with van der Waals surface area (Å²) < 4.78 is 7.31. The molecule has 1 atom stereocenters. The first-order chi connectivity index (χ1) is 7.26. The van der Waals surface area contributed by atoms with Crippen molar-refractivity contribution in [2.45, 2.75) is 26.5 Å². The summed E-state index contributed by atoms with van der Waals surface area (Å²) in [6.07, 6.45) is 0.210. The van der Waals surface area contributed by atoms with Gasteiger partial charge in [-0.1, -0.05) is 0 Å². The number of ether oxygens (including phenoxy) is 1. The lowest BCUT2D eigenvalue weighted by Crippen LogP contribution is -2.27. The third-order valence-electron chi connectivity index (χ3n) is 2.76. The van der Waals surface area contributed by atoms with Gasteiger partial charge < -0.3 is 15.4 Å². The number of anilines is 2. The normalized spacial score (nSPS) is 20.1. The fourth-order valence-corrected chi connectivity index (χ4v) is 1.87. The van der Waals surface area contributed by atoms with Crippen LogP contribution in [0.1, 0.15) is 12.6 Å². The summed E-state index contributed by atoms with van der Waals surface area (Å²) in [5.74, 6) is 1.08. The van der Waals surface area contributed by atoms with Gasteiger partial charge in [-0.15, -0.1) is 0 Å². The van der Waals surface area contributed by atoms with Gasteiger partial charge in [0.05, 0.1) is 11.8 Å². The third-order valence-corrected chi connectivity index (χ3v) is 2.76. The Kier molecular flexibility index (Phi) is 2.81. The molecule has 0 bridgehead atoms. The predicted molar refractivity (Wildman–Crippen MR) is 60.4 cm³/mol. The molecule has 2 heterocycles. The highest BCUT2D eigenvalue weighted by molar-refractivity contribution is 5.68. The SMILES string of the molecule is CCn1nc(C)c2c1NCC(OC)CN2. The summed E-state index contributed by atoms with van der Waals surface area (Å²) >= 11 is 0. The van der Waals surface area contributed by atoms with Crippen LogP contribution >= 0.6 is 0 Å². The minimum atomic E-state index is 0.210. The van der Waals surface area contributed by atoms with Gasteiger partial charge in [-0.2, -0.15) is 5.10 Å². The molecule has 5 nitrogen and oxygen atoms in total. The molecule has 0 saturated carbocycles. The molecule has 2 rings (SSSR count). The first kappa shape index (κ1) is 10.3. The van der Waals surface area contributed by atoms with E-state index in [0.717, 1.165) is 36.8 Å². The van der Waals surface area contributed by atoms with E-state index in [2.05, 4.69) is 22.7 Å². The van der Waals surface area contributed by atoms with Crippen molar-refractivity contribution >= 4 is 11.5 Å². The zero-order valence-corrected chi connectivity index (χ0v) is 9.50. The summed E-state index contributed by atoms with van der Waals surface area (Å²) in [4.78, 5) is 0. The highest BCUT2D eigenvalue weighted by Crippen LogP contribution is 2.27. The van der Waals surface area contributed by atoms with Crippen LogP contribution < -0.4 is 10.6 Å². The minimum Gasteiger partial charge on any atom is -0.378 e. The second-order valence-electron chi connectivity index (χ2n) is 3.74. The van der Waals surface area contributed by atoms with Crippen LogP contribution in [0, 0.1) is 6.92 Å². The number of nitrogens with zero attached hydrogens (tertiary/aromatic N) is 2. The lowest BCUT2D eigenvalue weighted by Gasteiger charge is -2.12. The van der Waals surface area contributed by atoms with E-state index in [9.17, 15) is 0 Å². The van der Waals surface area contributed by atoms with Gasteiger partial charge in [0.2, 0.25) is 0 Å². The molecule has 1 aromatic heterocycles. The highest BCUT2D eigenvalue weighted by atomic mass is 16.5. The van der Waals surface area contributed by atoms with Crippen molar-refractivity contribution in [2.24, 2.45) is 0 Å². The van der Waals surface area contributed by atoms with Crippen molar-refractivity contribution in [2.75, 3.05) is 30.8 Å². The van der Waals surface area contributed by atoms with Crippen molar-refractivity contribution in [1.82, 2.24) is 9.78 Å². The maximum absolute atomic E-state index is 5.33. The first-order valence-corrected chi connectivity index (χ1v) is 5.34. The molecule has 1 aliphatic rings. The van der Waals surface area contributed by atoms with E-state index in [4.69, 9.17) is 4.74 Å². The van der Waals surface area contributed by atoms with E-state index >= 15 is 0 Å². The zero-order chi connectivity index (χ0) is 10.8. The summed E-state index contributed by atoms with van der Waals surface area (Å²) in [6.45, 7) is 6.64. The average molecular weight is 210 g/mol. The van der Waals surface area contributed by atoms with Crippen molar-refractivity contribution in [1.29, 1.82) is 0 Å². The number of nitrogens with one attached hydrogen (secondary N) is 2. The van der Waals surface area contributed by atoms with Crippen molar-refractivity contribution in [3.8, 4) is 0 Å². The number of hydrogen-bond acceptors (Lipinski definition) is 4. The van der Waals surface area contributed by atoms with Gasteiger partial charge in [-0.05, 0) is 13.8 Å². The van der Waals surface area contributed by atoms with Gasteiger partial charge in [0.1, 0.15) is 11.5 Å². The van der Waals surface area contributed by atoms with E-state index in [1.165, 1.54) is 0 Å². The van der Waals surface area contributed by atoms with Crippen LogP contribution in [0.3, 0.4) is 0 Å². The molecular weight excluding hydrogens is 192 g/mol. The zero-order valence-electron chi connectivity index (χ0n) is 9.50. The fraction of sp³-hybridized carbons (Fsp3) is 0.700. The van der Waals surface area contributed by atoms with Crippen molar-refractivity contribution in [3.63, 3.8) is 0 Å². The van der Waals surface area contributed by atoms with Gasteiger partial charge in [-0.3, -0.25) is 0 Å². The Morgan fingerprint density at radius 1 is 1.47 bits per heavy atom. The van der Waals surface area contributed by atoms with Crippen LogP contribution in [0.25, 0.3) is 0 Å². The molecule has 1 aliphatic heterocycles. The summed E-state index contributed by atoms with van der Waals surface area (Å²) in [5, 5.41) is 11.2. The first-order valence-electron chi connectivity index (χ1n) is 5.34. The van der Waals surface area contributed by atoms with Crippen molar-refractivity contribution in [3.05, 3.63) is 5.69 Å². The molecule has 5 heteroatoms. The van der Waals surface area contributed by atoms with E-state index in [0.29, 0.717) is 0 Å². The summed E-state index contributed by atoms with van der Waals surface area (Å²) in [5.41, 5.74) is 2.15. The molecule has 15 heavy (non-hydrogen) atoms. The Balaban J connectivity index is 2.27. The Labute approximate surface area is 89.8 Å². The van der Waals surface area contributed by atoms with E-state index in [1.54, 1.807) is 7.11 Å². The largest absolute Gasteiger partial charge is 0.378 e. The number of rotatable bonds is 2. The molecule has 1 aromatic rings. The van der Waals surface area contributed by atoms with Crippen molar-refractivity contribution < 1.29 is 4.74 Å². The maximum atomic E-state index is 5.33. The van der Waals surface area contributed by atoms with Gasteiger partial charge in [0, 0.05) is 26.7 Å². The van der Waals surface area contributed by atoms with Gasteiger partial charge in [0.15, 0.2) is 0 Å². The molecule has 0 amide bonds. The average Bonchev–Trinajstić information content (AvgIpc) is 2.45. The second kappa shape index (κ2) is 4.10. The monoisotopic (exact) mass is 210 g/mol. The Bertz CT molecular complexity index is 347. The Hall–Kier alpha value is -1.23. The standard InChI is InChI=1S/C10H18N4O/c1-4-14-10-9(7(2)13-14)11-5-8(15-3)6-12-10/h8,11-12H,4-6H2,1-3H3. The number of hydrogen-bond donors (Lipinski definition) is 2. The molecule has 1 unspecified atom stereocenters. The maximum Gasteiger partial charge on any atom is 0.148 e. The fourth-order valence-electron chi connectivity index (χ4n) is 1.87. The molecule has 0 aliphatic carbocycles. The van der Waals surface area contributed by atoms with E-state index in [-0.39, 0.29) is 6.10 Å². The van der Waals surface area contributed by atoms with Crippen LogP contribution in [0.2, 0.25) is 0 Å². The molecule has 0 saturated heterocycles. The summed E-state index contributed by atoms with van der Waals surface area (Å²) in [6, 6.07) is 0. The highest BCUT2D eigenvalue weighted by Gasteiger charge is 2.20. The molecule has 0 radical (unpaired) electrons. The smallest absolute Gasteiger partial charge is 0.148 e. The Morgan fingerprint density at radius 3 is 2.87 bits per heavy atom. The van der Waals surface area contributed by atoms with Gasteiger partial charge in [-0.25, -0.2) is 4.68 Å². The molecule has 0 aromatic carbocycles. The van der Waals surface area contributed by atoms with Crippen LogP contribution in [0.5, 0.6) is 0 Å². The molecule has 84 valence electrons. The van der Waals surface area contributed by atoms with Crippen LogP contribution in [-0.4, -0.2) is 36.1 Å². The summed E-state index contributed by atoms with van der Waals surface area (Å²) in [7, 11) is 1.74. The van der Waals surface area contributed by atoms with Crippen LogP contribution in [-0.2, 0) is 11.3 Å². The number of aromatic nitrogens is 2. The van der Waals surface area contributed by atoms with E-state index in [1.807, 2.05) is 11.6 Å². The number of aryl methyl sites for hydroxylation is 2. The third kappa shape index (κ3) is 1.79. The number of methoxy groups -OCH3 is 1. The van der Waals surface area contributed by atoms with E-state index < -0.39 is 0 Å². The Morgan fingerprint density at radius 2 is 2.20 bits per heavy atom.